The third-order valence-corrected chi connectivity index (χ3v) is 3.88. The average molecular weight is 351 g/mol. The Labute approximate surface area is 145 Å². The van der Waals surface area contributed by atoms with Crippen molar-refractivity contribution in [3.63, 3.8) is 0 Å². The van der Waals surface area contributed by atoms with E-state index in [2.05, 4.69) is 10.5 Å². The molecule has 0 aliphatic rings. The lowest BCUT2D eigenvalue weighted by Crippen LogP contribution is -2.25. The van der Waals surface area contributed by atoms with Gasteiger partial charge in [0.2, 0.25) is 0 Å². The van der Waals surface area contributed by atoms with Crippen LogP contribution < -0.4 is 10.2 Å². The number of hydrazone groups is 1. The summed E-state index contributed by atoms with van der Waals surface area (Å²) < 4.78 is 5.45. The molecule has 0 heterocycles. The molecule has 0 atom stereocenters. The molecule has 0 saturated carbocycles. The van der Waals surface area contributed by atoms with E-state index in [4.69, 9.17) is 27.9 Å². The summed E-state index contributed by atoms with van der Waals surface area (Å²) in [5.41, 5.74) is 4.82. The molecule has 0 spiro atoms. The van der Waals surface area contributed by atoms with E-state index < -0.39 is 0 Å². The number of nitrogens with zero attached hydrogens (tertiary/aromatic N) is 1. The van der Waals surface area contributed by atoms with Gasteiger partial charge in [0.1, 0.15) is 5.75 Å². The number of halogens is 2. The molecule has 2 aromatic carbocycles. The second-order valence-electron chi connectivity index (χ2n) is 4.92. The number of hydrogen-bond acceptors (Lipinski definition) is 3. The standard InChI is InChI=1S/C17H16Cl2N2O2/c1-11-5-3-4-6-16(11)23-10-17(22)21-20-12(2)13-7-8-14(18)15(19)9-13/h3-9H,10H2,1-2H3,(H,21,22)/b20-12+. The summed E-state index contributed by atoms with van der Waals surface area (Å²) in [4.78, 5) is 11.8. The number of hydrogen-bond donors (Lipinski definition) is 1. The van der Waals surface area contributed by atoms with Crippen molar-refractivity contribution >= 4 is 34.8 Å². The van der Waals surface area contributed by atoms with Crippen molar-refractivity contribution in [1.82, 2.24) is 5.43 Å². The van der Waals surface area contributed by atoms with Crippen LogP contribution >= 0.6 is 23.2 Å². The van der Waals surface area contributed by atoms with Gasteiger partial charge in [-0.05, 0) is 43.2 Å². The minimum absolute atomic E-state index is 0.108. The Bertz CT molecular complexity index is 745. The Morgan fingerprint density at radius 3 is 2.61 bits per heavy atom. The summed E-state index contributed by atoms with van der Waals surface area (Å²) in [7, 11) is 0. The quantitative estimate of drug-likeness (QED) is 0.648. The van der Waals surface area contributed by atoms with Crippen LogP contribution in [0.25, 0.3) is 0 Å². The fraction of sp³-hybridized carbons (Fsp3) is 0.176. The van der Waals surface area contributed by atoms with E-state index in [1.165, 1.54) is 0 Å². The molecule has 2 aromatic rings. The summed E-state index contributed by atoms with van der Waals surface area (Å²) in [6.07, 6.45) is 0. The zero-order chi connectivity index (χ0) is 16.8. The molecule has 0 aromatic heterocycles. The minimum Gasteiger partial charge on any atom is -0.483 e. The van der Waals surface area contributed by atoms with Crippen molar-refractivity contribution in [2.24, 2.45) is 5.10 Å². The number of ether oxygens (including phenoxy) is 1. The molecule has 0 aliphatic carbocycles. The fourth-order valence-corrected chi connectivity index (χ4v) is 2.12. The number of carbonyl (C=O) groups is 1. The number of amides is 1. The molecular weight excluding hydrogens is 335 g/mol. The number of nitrogens with one attached hydrogen (secondary N) is 1. The van der Waals surface area contributed by atoms with Gasteiger partial charge in [-0.15, -0.1) is 0 Å². The van der Waals surface area contributed by atoms with Gasteiger partial charge < -0.3 is 4.74 Å². The summed E-state index contributed by atoms with van der Waals surface area (Å²) >= 11 is 11.8. The van der Waals surface area contributed by atoms with Crippen molar-refractivity contribution < 1.29 is 9.53 Å². The zero-order valence-electron chi connectivity index (χ0n) is 12.8. The Balaban J connectivity index is 1.92. The lowest BCUT2D eigenvalue weighted by atomic mass is 10.1. The molecule has 0 unspecified atom stereocenters. The highest BCUT2D eigenvalue weighted by Crippen LogP contribution is 2.22. The van der Waals surface area contributed by atoms with Gasteiger partial charge in [-0.25, -0.2) is 5.43 Å². The molecule has 0 aliphatic heterocycles. The van der Waals surface area contributed by atoms with Gasteiger partial charge in [0.15, 0.2) is 6.61 Å². The van der Waals surface area contributed by atoms with E-state index >= 15 is 0 Å². The van der Waals surface area contributed by atoms with Crippen LogP contribution in [-0.4, -0.2) is 18.2 Å². The third-order valence-electron chi connectivity index (χ3n) is 3.14. The van der Waals surface area contributed by atoms with Crippen LogP contribution in [-0.2, 0) is 4.79 Å². The van der Waals surface area contributed by atoms with E-state index in [1.54, 1.807) is 25.1 Å². The highest BCUT2D eigenvalue weighted by Gasteiger charge is 2.05. The average Bonchev–Trinajstić information content (AvgIpc) is 2.54. The first kappa shape index (κ1) is 17.3. The first-order chi connectivity index (χ1) is 11.0. The summed E-state index contributed by atoms with van der Waals surface area (Å²) in [5, 5.41) is 4.94. The van der Waals surface area contributed by atoms with E-state index in [0.717, 1.165) is 11.1 Å². The van der Waals surface area contributed by atoms with Gasteiger partial charge in [0, 0.05) is 0 Å². The Hall–Kier alpha value is -2.04. The van der Waals surface area contributed by atoms with Crippen LogP contribution in [0, 0.1) is 6.92 Å². The second kappa shape index (κ2) is 7.99. The molecule has 0 saturated heterocycles. The molecule has 2 rings (SSSR count). The number of benzene rings is 2. The van der Waals surface area contributed by atoms with Gasteiger partial charge in [0.05, 0.1) is 15.8 Å². The highest BCUT2D eigenvalue weighted by atomic mass is 35.5. The minimum atomic E-state index is -0.340. The number of carbonyl (C=O) groups excluding carboxylic acids is 1. The number of para-hydroxylation sites is 1. The van der Waals surface area contributed by atoms with Crippen LogP contribution in [0.4, 0.5) is 0 Å². The fourth-order valence-electron chi connectivity index (χ4n) is 1.83. The Kier molecular flexibility index (Phi) is 6.02. The predicted octanol–water partition coefficient (Wildman–Crippen LogP) is 4.22. The molecular formula is C17H16Cl2N2O2. The van der Waals surface area contributed by atoms with Crippen LogP contribution in [0.5, 0.6) is 5.75 Å². The van der Waals surface area contributed by atoms with Gasteiger partial charge >= 0.3 is 0 Å². The molecule has 0 fully saturated rings. The lowest BCUT2D eigenvalue weighted by Gasteiger charge is -2.08. The SMILES string of the molecule is C/C(=N\NC(=O)COc1ccccc1C)c1ccc(Cl)c(Cl)c1. The first-order valence-corrected chi connectivity index (χ1v) is 7.70. The van der Waals surface area contributed by atoms with Gasteiger partial charge in [-0.3, -0.25) is 4.79 Å². The van der Waals surface area contributed by atoms with Crippen molar-refractivity contribution in [2.75, 3.05) is 6.61 Å². The van der Waals surface area contributed by atoms with Gasteiger partial charge in [0.25, 0.3) is 5.91 Å². The lowest BCUT2D eigenvalue weighted by molar-refractivity contribution is -0.123. The molecule has 120 valence electrons. The first-order valence-electron chi connectivity index (χ1n) is 6.94. The number of aryl methyl sites for hydroxylation is 1. The van der Waals surface area contributed by atoms with E-state index in [-0.39, 0.29) is 12.5 Å². The van der Waals surface area contributed by atoms with Crippen LogP contribution in [0.2, 0.25) is 10.0 Å². The molecule has 23 heavy (non-hydrogen) atoms. The Morgan fingerprint density at radius 1 is 1.17 bits per heavy atom. The van der Waals surface area contributed by atoms with Crippen molar-refractivity contribution in [3.8, 4) is 5.75 Å². The maximum atomic E-state index is 11.8. The smallest absolute Gasteiger partial charge is 0.277 e. The second-order valence-corrected chi connectivity index (χ2v) is 5.73. The topological polar surface area (TPSA) is 50.7 Å². The molecule has 1 N–H and O–H groups in total. The maximum absolute atomic E-state index is 11.8. The van der Waals surface area contributed by atoms with Crippen LogP contribution in [0.3, 0.4) is 0 Å². The largest absolute Gasteiger partial charge is 0.483 e. The molecule has 0 radical (unpaired) electrons. The van der Waals surface area contributed by atoms with Crippen molar-refractivity contribution in [1.29, 1.82) is 0 Å². The van der Waals surface area contributed by atoms with Crippen molar-refractivity contribution in [3.05, 3.63) is 63.6 Å². The van der Waals surface area contributed by atoms with E-state index in [9.17, 15) is 4.79 Å². The van der Waals surface area contributed by atoms with Crippen LogP contribution in [0.15, 0.2) is 47.6 Å². The predicted molar refractivity (Wildman–Crippen MR) is 93.5 cm³/mol. The normalized spacial score (nSPS) is 11.2. The molecule has 6 heteroatoms. The molecule has 0 bridgehead atoms. The molecule has 1 amide bonds. The van der Waals surface area contributed by atoms with Gasteiger partial charge in [-0.2, -0.15) is 5.10 Å². The number of rotatable bonds is 5. The van der Waals surface area contributed by atoms with E-state index in [1.807, 2.05) is 31.2 Å². The summed E-state index contributed by atoms with van der Waals surface area (Å²) in [6, 6.07) is 12.6. The van der Waals surface area contributed by atoms with Gasteiger partial charge in [-0.1, -0.05) is 47.5 Å². The summed E-state index contributed by atoms with van der Waals surface area (Å²) in [5.74, 6) is 0.334. The highest BCUT2D eigenvalue weighted by molar-refractivity contribution is 6.42. The third kappa shape index (κ3) is 4.98. The molecule has 4 nitrogen and oxygen atoms in total. The monoisotopic (exact) mass is 350 g/mol. The Morgan fingerprint density at radius 2 is 1.91 bits per heavy atom. The zero-order valence-corrected chi connectivity index (χ0v) is 14.3. The maximum Gasteiger partial charge on any atom is 0.277 e. The van der Waals surface area contributed by atoms with Crippen LogP contribution in [0.1, 0.15) is 18.1 Å². The van der Waals surface area contributed by atoms with E-state index in [0.29, 0.717) is 21.5 Å². The summed E-state index contributed by atoms with van der Waals surface area (Å²) in [6.45, 7) is 3.57. The van der Waals surface area contributed by atoms with Crippen molar-refractivity contribution in [2.45, 2.75) is 13.8 Å².